The molecule has 0 atom stereocenters. The fourth-order valence-electron chi connectivity index (χ4n) is 2.64. The first-order chi connectivity index (χ1) is 8.97. The Bertz CT molecular complexity index is 494. The van der Waals surface area contributed by atoms with E-state index >= 15 is 0 Å². The molecule has 1 aliphatic carbocycles. The van der Waals surface area contributed by atoms with Crippen LogP contribution in [-0.2, 0) is 4.79 Å². The molecule has 1 N–H and O–H groups in total. The van der Waals surface area contributed by atoms with Crippen molar-refractivity contribution in [3.63, 3.8) is 0 Å². The molecule has 2 rings (SSSR count). The summed E-state index contributed by atoms with van der Waals surface area (Å²) in [6, 6.07) is 1.74. The summed E-state index contributed by atoms with van der Waals surface area (Å²) < 4.78 is 0.872. The van der Waals surface area contributed by atoms with Gasteiger partial charge in [-0.05, 0) is 34.8 Å². The van der Waals surface area contributed by atoms with E-state index in [9.17, 15) is 14.7 Å². The van der Waals surface area contributed by atoms with Crippen molar-refractivity contribution in [3.8, 4) is 0 Å². The van der Waals surface area contributed by atoms with Crippen LogP contribution in [0.25, 0.3) is 0 Å². The van der Waals surface area contributed by atoms with E-state index in [2.05, 4.69) is 15.9 Å². The lowest BCUT2D eigenvalue weighted by Crippen LogP contribution is -2.56. The van der Waals surface area contributed by atoms with E-state index in [4.69, 9.17) is 0 Å². The highest BCUT2D eigenvalue weighted by atomic mass is 79.9. The van der Waals surface area contributed by atoms with Crippen molar-refractivity contribution in [3.05, 3.63) is 20.8 Å². The first kappa shape index (κ1) is 14.5. The molecule has 1 aromatic heterocycles. The van der Waals surface area contributed by atoms with Gasteiger partial charge in [0.25, 0.3) is 5.91 Å². The van der Waals surface area contributed by atoms with Gasteiger partial charge in [0, 0.05) is 12.4 Å². The van der Waals surface area contributed by atoms with Crippen molar-refractivity contribution >= 4 is 39.1 Å². The first-order valence-electron chi connectivity index (χ1n) is 6.23. The van der Waals surface area contributed by atoms with Crippen LogP contribution in [0.4, 0.5) is 0 Å². The van der Waals surface area contributed by atoms with Crippen LogP contribution in [0.15, 0.2) is 15.2 Å². The highest BCUT2D eigenvalue weighted by Gasteiger charge is 2.45. The molecule has 1 fully saturated rings. The molecule has 19 heavy (non-hydrogen) atoms. The fraction of sp³-hybridized carbons (Fsp3) is 0.538. The Hall–Kier alpha value is -0.880. The summed E-state index contributed by atoms with van der Waals surface area (Å²) in [5.74, 6) is -1.11. The molecule has 1 aromatic rings. The highest BCUT2D eigenvalue weighted by Crippen LogP contribution is 2.34. The summed E-state index contributed by atoms with van der Waals surface area (Å²) in [5.41, 5.74) is -0.491. The van der Waals surface area contributed by atoms with E-state index in [1.54, 1.807) is 18.5 Å². The Morgan fingerprint density at radius 3 is 2.47 bits per heavy atom. The molecule has 6 heteroatoms. The summed E-state index contributed by atoms with van der Waals surface area (Å²) >= 11 is 4.75. The number of likely N-dealkylation sites (N-methyl/N-ethyl adjacent to an activating group) is 1. The van der Waals surface area contributed by atoms with E-state index in [-0.39, 0.29) is 5.91 Å². The van der Waals surface area contributed by atoms with Crippen LogP contribution in [0.1, 0.15) is 42.5 Å². The predicted molar refractivity (Wildman–Crippen MR) is 77.6 cm³/mol. The summed E-state index contributed by atoms with van der Waals surface area (Å²) in [5, 5.41) is 11.3. The van der Waals surface area contributed by atoms with Gasteiger partial charge in [-0.2, -0.15) is 0 Å². The number of nitrogens with zero attached hydrogens (tertiary/aromatic N) is 1. The van der Waals surface area contributed by atoms with Crippen molar-refractivity contribution < 1.29 is 14.7 Å². The summed E-state index contributed by atoms with van der Waals surface area (Å²) in [7, 11) is 1.60. The number of aliphatic carboxylic acids is 1. The van der Waals surface area contributed by atoms with Gasteiger partial charge in [0.05, 0.1) is 9.35 Å². The second-order valence-corrected chi connectivity index (χ2v) is 7.19. The van der Waals surface area contributed by atoms with Crippen LogP contribution in [0.3, 0.4) is 0 Å². The van der Waals surface area contributed by atoms with E-state index in [1.165, 1.54) is 16.2 Å². The average Bonchev–Trinajstić information content (AvgIpc) is 2.84. The Morgan fingerprint density at radius 1 is 1.37 bits per heavy atom. The minimum Gasteiger partial charge on any atom is -0.479 e. The normalized spacial score (nSPS) is 18.0. The molecule has 1 saturated carbocycles. The monoisotopic (exact) mass is 345 g/mol. The minimum atomic E-state index is -1.04. The third kappa shape index (κ3) is 2.69. The maximum Gasteiger partial charge on any atom is 0.329 e. The number of carbonyl (C=O) groups excluding carboxylic acids is 1. The number of carboxylic acids is 1. The SMILES string of the molecule is CN(C(=O)c1csc(Br)c1)C1(C(=O)O)CCCCC1. The largest absolute Gasteiger partial charge is 0.479 e. The highest BCUT2D eigenvalue weighted by molar-refractivity contribution is 9.11. The van der Waals surface area contributed by atoms with Gasteiger partial charge in [-0.15, -0.1) is 11.3 Å². The summed E-state index contributed by atoms with van der Waals surface area (Å²) in [6.07, 6.45) is 3.83. The molecule has 1 heterocycles. The fourth-order valence-corrected chi connectivity index (χ4v) is 3.77. The molecular weight excluding hydrogens is 330 g/mol. The molecule has 0 unspecified atom stereocenters. The Morgan fingerprint density at radius 2 is 2.00 bits per heavy atom. The maximum atomic E-state index is 12.4. The van der Waals surface area contributed by atoms with Crippen LogP contribution in [0.5, 0.6) is 0 Å². The minimum absolute atomic E-state index is 0.216. The molecule has 0 bridgehead atoms. The molecule has 1 aliphatic rings. The van der Waals surface area contributed by atoms with Crippen LogP contribution in [0.2, 0.25) is 0 Å². The van der Waals surface area contributed by atoms with Crippen molar-refractivity contribution in [1.29, 1.82) is 0 Å². The lowest BCUT2D eigenvalue weighted by Gasteiger charge is -2.40. The standard InChI is InChI=1S/C13H16BrNO3S/c1-15(11(16)9-7-10(14)19-8-9)13(12(17)18)5-3-2-4-6-13/h7-8H,2-6H2,1H3,(H,17,18). The third-order valence-corrected chi connectivity index (χ3v) is 5.34. The number of thiophene rings is 1. The number of hydrogen-bond donors (Lipinski definition) is 1. The quantitative estimate of drug-likeness (QED) is 0.913. The topological polar surface area (TPSA) is 57.6 Å². The zero-order chi connectivity index (χ0) is 14.0. The lowest BCUT2D eigenvalue weighted by molar-refractivity contribution is -0.151. The smallest absolute Gasteiger partial charge is 0.329 e. The molecule has 0 saturated heterocycles. The second-order valence-electron chi connectivity index (χ2n) is 4.90. The van der Waals surface area contributed by atoms with Crippen molar-refractivity contribution in [2.45, 2.75) is 37.6 Å². The van der Waals surface area contributed by atoms with Crippen LogP contribution in [0, 0.1) is 0 Å². The molecule has 0 aromatic carbocycles. The Labute approximate surface area is 124 Å². The lowest BCUT2D eigenvalue weighted by atomic mass is 9.80. The number of halogens is 1. The van der Waals surface area contributed by atoms with Gasteiger partial charge in [0.2, 0.25) is 0 Å². The zero-order valence-corrected chi connectivity index (χ0v) is 13.1. The van der Waals surface area contributed by atoms with E-state index < -0.39 is 11.5 Å². The van der Waals surface area contributed by atoms with Gasteiger partial charge in [-0.1, -0.05) is 19.3 Å². The maximum absolute atomic E-state index is 12.4. The molecule has 0 radical (unpaired) electrons. The molecular formula is C13H16BrNO3S. The van der Waals surface area contributed by atoms with Gasteiger partial charge in [-0.3, -0.25) is 4.79 Å². The third-order valence-electron chi connectivity index (χ3n) is 3.84. The van der Waals surface area contributed by atoms with Gasteiger partial charge >= 0.3 is 5.97 Å². The molecule has 1 amide bonds. The van der Waals surface area contributed by atoms with Gasteiger partial charge in [0.1, 0.15) is 5.54 Å². The summed E-state index contributed by atoms with van der Waals surface area (Å²) in [6.45, 7) is 0. The number of rotatable bonds is 3. The van der Waals surface area contributed by atoms with Crippen molar-refractivity contribution in [2.24, 2.45) is 0 Å². The van der Waals surface area contributed by atoms with Gasteiger partial charge in [0.15, 0.2) is 0 Å². The number of amides is 1. The van der Waals surface area contributed by atoms with E-state index in [0.717, 1.165) is 23.0 Å². The average molecular weight is 346 g/mol. The van der Waals surface area contributed by atoms with Crippen LogP contribution < -0.4 is 0 Å². The van der Waals surface area contributed by atoms with Gasteiger partial charge < -0.3 is 10.0 Å². The second kappa shape index (κ2) is 5.63. The van der Waals surface area contributed by atoms with Crippen LogP contribution in [-0.4, -0.2) is 34.5 Å². The van der Waals surface area contributed by atoms with E-state index in [1.807, 2.05) is 0 Å². The van der Waals surface area contributed by atoms with Crippen LogP contribution >= 0.6 is 27.3 Å². The molecule has 4 nitrogen and oxygen atoms in total. The van der Waals surface area contributed by atoms with Crippen molar-refractivity contribution in [2.75, 3.05) is 7.05 Å². The number of carboxylic acid groups (broad SMARTS) is 1. The Balaban J connectivity index is 2.27. The molecule has 0 aliphatic heterocycles. The number of hydrogen-bond acceptors (Lipinski definition) is 3. The number of carbonyl (C=O) groups is 2. The zero-order valence-electron chi connectivity index (χ0n) is 10.7. The van der Waals surface area contributed by atoms with Crippen molar-refractivity contribution in [1.82, 2.24) is 4.90 Å². The predicted octanol–water partition coefficient (Wildman–Crippen LogP) is 3.37. The molecule has 0 spiro atoms. The van der Waals surface area contributed by atoms with E-state index in [0.29, 0.717) is 18.4 Å². The van der Waals surface area contributed by atoms with Gasteiger partial charge in [-0.25, -0.2) is 4.79 Å². The summed E-state index contributed by atoms with van der Waals surface area (Å²) in [4.78, 5) is 25.5. The Kier molecular flexibility index (Phi) is 4.30. The molecule has 104 valence electrons. The first-order valence-corrected chi connectivity index (χ1v) is 7.90.